The summed E-state index contributed by atoms with van der Waals surface area (Å²) in [7, 11) is 0. The number of nitrogens with one attached hydrogen (secondary N) is 1. The minimum Gasteiger partial charge on any atom is -0.310 e. The highest BCUT2D eigenvalue weighted by Crippen LogP contribution is 2.47. The summed E-state index contributed by atoms with van der Waals surface area (Å²) in [5, 5.41) is 5.20. The van der Waals surface area contributed by atoms with Crippen LogP contribution in [0.25, 0.3) is 22.1 Å². The van der Waals surface area contributed by atoms with Crippen LogP contribution in [-0.2, 0) is 6.54 Å². The van der Waals surface area contributed by atoms with E-state index in [0.717, 1.165) is 60.9 Å². The average Bonchev–Trinajstić information content (AvgIpc) is 3.23. The summed E-state index contributed by atoms with van der Waals surface area (Å²) in [5.41, 5.74) is 3.83. The standard InChI is InChI=1S/C26H29N7O/c34-26-19-12-29-33(18-3-1-2-4-18)25(19)30-24(31-26)21-15-32(14-20(21)17-6-7-17)13-16-5-8-22-23(11-16)28-10-9-27-22/h5,8-12,17-18,20-21H,1-4,6-7,13-15H2,(H,30,31,34)/t20-,21+/m0/s1. The van der Waals surface area contributed by atoms with E-state index in [4.69, 9.17) is 4.98 Å². The van der Waals surface area contributed by atoms with Crippen LogP contribution in [0.4, 0.5) is 0 Å². The highest BCUT2D eigenvalue weighted by Gasteiger charge is 2.44. The Morgan fingerprint density at radius 2 is 1.82 bits per heavy atom. The van der Waals surface area contributed by atoms with Crippen molar-refractivity contribution >= 4 is 22.1 Å². The number of rotatable bonds is 5. The van der Waals surface area contributed by atoms with E-state index in [9.17, 15) is 4.79 Å². The van der Waals surface area contributed by atoms with Crippen molar-refractivity contribution in [2.24, 2.45) is 11.8 Å². The monoisotopic (exact) mass is 455 g/mol. The van der Waals surface area contributed by atoms with Crippen LogP contribution in [-0.4, -0.2) is 47.7 Å². The molecule has 7 rings (SSSR count). The molecule has 4 heterocycles. The van der Waals surface area contributed by atoms with Crippen LogP contribution in [0.2, 0.25) is 0 Å². The zero-order valence-electron chi connectivity index (χ0n) is 19.2. The molecule has 1 N–H and O–H groups in total. The van der Waals surface area contributed by atoms with Crippen LogP contribution in [0.15, 0.2) is 41.6 Å². The maximum atomic E-state index is 13.0. The molecule has 2 aliphatic carbocycles. The van der Waals surface area contributed by atoms with Gasteiger partial charge >= 0.3 is 0 Å². The summed E-state index contributed by atoms with van der Waals surface area (Å²) >= 11 is 0. The number of likely N-dealkylation sites (tertiary alicyclic amines) is 1. The topological polar surface area (TPSA) is 92.6 Å². The SMILES string of the molecule is O=c1[nH]c([C@@H]2CN(Cc3ccc4nccnc4c3)C[C@H]2C2CC2)nc2c1cnn2C1CCCC1. The third kappa shape index (κ3) is 3.52. The molecular weight excluding hydrogens is 426 g/mol. The van der Waals surface area contributed by atoms with Gasteiger partial charge in [-0.2, -0.15) is 5.10 Å². The van der Waals surface area contributed by atoms with Gasteiger partial charge in [-0.25, -0.2) is 9.67 Å². The smallest absolute Gasteiger partial charge is 0.262 e. The van der Waals surface area contributed by atoms with Crippen LogP contribution >= 0.6 is 0 Å². The molecule has 0 radical (unpaired) electrons. The van der Waals surface area contributed by atoms with E-state index >= 15 is 0 Å². The zero-order chi connectivity index (χ0) is 22.6. The summed E-state index contributed by atoms with van der Waals surface area (Å²) in [4.78, 5) is 32.6. The molecule has 4 aromatic rings. The molecule has 0 amide bonds. The molecule has 1 aliphatic heterocycles. The van der Waals surface area contributed by atoms with Gasteiger partial charge in [-0.3, -0.25) is 19.7 Å². The second kappa shape index (κ2) is 7.98. The zero-order valence-corrected chi connectivity index (χ0v) is 19.2. The number of benzene rings is 1. The van der Waals surface area contributed by atoms with E-state index in [1.807, 2.05) is 4.68 Å². The van der Waals surface area contributed by atoms with Gasteiger partial charge in [0.2, 0.25) is 0 Å². The predicted molar refractivity (Wildman–Crippen MR) is 129 cm³/mol. The highest BCUT2D eigenvalue weighted by molar-refractivity contribution is 5.74. The maximum Gasteiger partial charge on any atom is 0.262 e. The molecule has 3 fully saturated rings. The predicted octanol–water partition coefficient (Wildman–Crippen LogP) is 3.80. The van der Waals surface area contributed by atoms with Crippen LogP contribution in [0.3, 0.4) is 0 Å². The fourth-order valence-corrected chi connectivity index (χ4v) is 6.24. The Bertz CT molecular complexity index is 1420. The maximum absolute atomic E-state index is 13.0. The Hall–Kier alpha value is -3.13. The van der Waals surface area contributed by atoms with Crippen LogP contribution < -0.4 is 5.56 Å². The number of H-pyrrole nitrogens is 1. The lowest BCUT2D eigenvalue weighted by Gasteiger charge is -2.17. The van der Waals surface area contributed by atoms with Gasteiger partial charge in [-0.15, -0.1) is 0 Å². The molecule has 0 bridgehead atoms. The summed E-state index contributed by atoms with van der Waals surface area (Å²) in [6, 6.07) is 6.73. The normalized spacial score (nSPS) is 24.0. The first kappa shape index (κ1) is 20.3. The molecule has 34 heavy (non-hydrogen) atoms. The Balaban J connectivity index is 1.20. The van der Waals surface area contributed by atoms with Crippen LogP contribution in [0.5, 0.6) is 0 Å². The second-order valence-corrected chi connectivity index (χ2v) is 10.4. The van der Waals surface area contributed by atoms with E-state index < -0.39 is 0 Å². The Kier molecular flexibility index (Phi) is 4.75. The van der Waals surface area contributed by atoms with Crippen molar-refractivity contribution < 1.29 is 0 Å². The first-order valence-corrected chi connectivity index (χ1v) is 12.6. The minimum atomic E-state index is -0.0506. The summed E-state index contributed by atoms with van der Waals surface area (Å²) in [6.45, 7) is 2.82. The minimum absolute atomic E-state index is 0.0506. The van der Waals surface area contributed by atoms with Crippen molar-refractivity contribution in [1.82, 2.24) is 34.6 Å². The number of nitrogens with zero attached hydrogens (tertiary/aromatic N) is 6. The number of hydrogen-bond donors (Lipinski definition) is 1. The lowest BCUT2D eigenvalue weighted by atomic mass is 9.91. The molecule has 2 saturated carbocycles. The number of aromatic nitrogens is 6. The molecule has 174 valence electrons. The van der Waals surface area contributed by atoms with E-state index in [2.05, 4.69) is 43.1 Å². The third-order valence-electron chi connectivity index (χ3n) is 8.11. The molecule has 8 nitrogen and oxygen atoms in total. The molecule has 0 spiro atoms. The largest absolute Gasteiger partial charge is 0.310 e. The highest BCUT2D eigenvalue weighted by atomic mass is 16.1. The summed E-state index contributed by atoms with van der Waals surface area (Å²) in [6.07, 6.45) is 12.4. The molecule has 8 heteroatoms. The van der Waals surface area contributed by atoms with E-state index in [0.29, 0.717) is 17.3 Å². The van der Waals surface area contributed by atoms with Crippen molar-refractivity contribution in [1.29, 1.82) is 0 Å². The van der Waals surface area contributed by atoms with Crippen molar-refractivity contribution in [2.75, 3.05) is 13.1 Å². The van der Waals surface area contributed by atoms with Crippen molar-refractivity contribution in [2.45, 2.75) is 57.0 Å². The van der Waals surface area contributed by atoms with Gasteiger partial charge in [0, 0.05) is 37.9 Å². The number of hydrogen-bond acceptors (Lipinski definition) is 6. The molecule has 1 aromatic carbocycles. The molecule has 2 atom stereocenters. The van der Waals surface area contributed by atoms with Gasteiger partial charge in [0.1, 0.15) is 11.2 Å². The number of aromatic amines is 1. The van der Waals surface area contributed by atoms with E-state index in [1.165, 1.54) is 31.2 Å². The lowest BCUT2D eigenvalue weighted by Crippen LogP contribution is -2.22. The van der Waals surface area contributed by atoms with Gasteiger partial charge in [0.15, 0.2) is 5.65 Å². The van der Waals surface area contributed by atoms with Crippen LogP contribution in [0, 0.1) is 11.8 Å². The first-order valence-electron chi connectivity index (χ1n) is 12.6. The molecule has 3 aliphatic rings. The van der Waals surface area contributed by atoms with E-state index in [1.54, 1.807) is 18.6 Å². The Morgan fingerprint density at radius 3 is 2.65 bits per heavy atom. The van der Waals surface area contributed by atoms with Gasteiger partial charge in [0.25, 0.3) is 5.56 Å². The summed E-state index contributed by atoms with van der Waals surface area (Å²) in [5.74, 6) is 2.36. The van der Waals surface area contributed by atoms with Crippen molar-refractivity contribution in [3.8, 4) is 0 Å². The quantitative estimate of drug-likeness (QED) is 0.492. The van der Waals surface area contributed by atoms with Gasteiger partial charge in [-0.1, -0.05) is 18.9 Å². The second-order valence-electron chi connectivity index (χ2n) is 10.4. The lowest BCUT2D eigenvalue weighted by molar-refractivity contribution is 0.310. The molecule has 1 saturated heterocycles. The fourth-order valence-electron chi connectivity index (χ4n) is 6.24. The van der Waals surface area contributed by atoms with Crippen LogP contribution in [0.1, 0.15) is 61.9 Å². The van der Waals surface area contributed by atoms with Crippen molar-refractivity contribution in [3.63, 3.8) is 0 Å². The summed E-state index contributed by atoms with van der Waals surface area (Å²) < 4.78 is 2.02. The molecule has 3 aromatic heterocycles. The van der Waals surface area contributed by atoms with Crippen molar-refractivity contribution in [3.05, 3.63) is 58.5 Å². The van der Waals surface area contributed by atoms with Gasteiger partial charge in [0.05, 0.1) is 23.3 Å². The van der Waals surface area contributed by atoms with E-state index in [-0.39, 0.29) is 11.5 Å². The first-order chi connectivity index (χ1) is 16.7. The average molecular weight is 456 g/mol. The number of fused-ring (bicyclic) bond motifs is 2. The fraction of sp³-hybridized carbons (Fsp3) is 0.500. The Labute approximate surface area is 197 Å². The van der Waals surface area contributed by atoms with Gasteiger partial charge < -0.3 is 4.98 Å². The Morgan fingerprint density at radius 1 is 1.00 bits per heavy atom. The molecule has 0 unspecified atom stereocenters. The molecular formula is C26H29N7O. The van der Waals surface area contributed by atoms with Gasteiger partial charge in [-0.05, 0) is 55.2 Å². The third-order valence-corrected chi connectivity index (χ3v) is 8.11.